The van der Waals surface area contributed by atoms with Gasteiger partial charge in [-0.25, -0.2) is 4.79 Å². The summed E-state index contributed by atoms with van der Waals surface area (Å²) in [5, 5.41) is 9.48. The summed E-state index contributed by atoms with van der Waals surface area (Å²) in [5.41, 5.74) is 2.83. The maximum Gasteiger partial charge on any atom is 0.411 e. The molecular weight excluding hydrogens is 537 g/mol. The molecule has 1 aliphatic rings. The molecule has 1 heterocycles. The first-order valence-electron chi connectivity index (χ1n) is 10.4. The summed E-state index contributed by atoms with van der Waals surface area (Å²) < 4.78 is 15.4. The van der Waals surface area contributed by atoms with Crippen LogP contribution in [-0.2, 0) is 11.3 Å². The Morgan fingerprint density at radius 2 is 1.76 bits per heavy atom. The third-order valence-corrected chi connectivity index (χ3v) is 5.30. The van der Waals surface area contributed by atoms with Crippen molar-refractivity contribution in [2.24, 2.45) is 4.99 Å². The van der Waals surface area contributed by atoms with E-state index in [9.17, 15) is 4.79 Å². The first-order chi connectivity index (χ1) is 15.5. The minimum absolute atomic E-state index is 0. The van der Waals surface area contributed by atoms with Gasteiger partial charge < -0.3 is 29.7 Å². The lowest BCUT2D eigenvalue weighted by Gasteiger charge is -2.21. The van der Waals surface area contributed by atoms with Crippen LogP contribution in [0.4, 0.5) is 16.2 Å². The molecule has 0 saturated carbocycles. The van der Waals surface area contributed by atoms with Crippen molar-refractivity contribution in [2.75, 3.05) is 51.7 Å². The summed E-state index contributed by atoms with van der Waals surface area (Å²) in [6.45, 7) is 2.40. The average Bonchev–Trinajstić information content (AvgIpc) is 3.30. The minimum atomic E-state index is -0.488. The number of amides is 1. The quantitative estimate of drug-likeness (QED) is 0.267. The zero-order valence-corrected chi connectivity index (χ0v) is 21.7. The molecular formula is C23H32IN5O4. The number of methoxy groups -OCH3 is 3. The van der Waals surface area contributed by atoms with E-state index in [1.54, 1.807) is 21.3 Å². The Morgan fingerprint density at radius 3 is 2.33 bits per heavy atom. The number of nitrogens with zero attached hydrogens (tertiary/aromatic N) is 2. The van der Waals surface area contributed by atoms with Crippen molar-refractivity contribution >= 4 is 47.4 Å². The zero-order valence-electron chi connectivity index (χ0n) is 19.4. The van der Waals surface area contributed by atoms with Crippen LogP contribution in [0.5, 0.6) is 11.5 Å². The van der Waals surface area contributed by atoms with Crippen LogP contribution in [0.15, 0.2) is 47.5 Å². The lowest BCUT2D eigenvalue weighted by molar-refractivity contribution is 0.187. The van der Waals surface area contributed by atoms with Gasteiger partial charge in [0.2, 0.25) is 0 Å². The van der Waals surface area contributed by atoms with Gasteiger partial charge >= 0.3 is 6.09 Å². The Hall–Kier alpha value is -2.89. The third-order valence-electron chi connectivity index (χ3n) is 5.30. The Balaban J connectivity index is 0.00000385. The molecule has 10 heteroatoms. The van der Waals surface area contributed by atoms with Gasteiger partial charge in [-0.15, -0.1) is 24.0 Å². The Morgan fingerprint density at radius 1 is 1.09 bits per heavy atom. The lowest BCUT2D eigenvalue weighted by atomic mass is 10.2. The van der Waals surface area contributed by atoms with Gasteiger partial charge in [-0.2, -0.15) is 0 Å². The number of hydrogen-bond donors (Lipinski definition) is 3. The van der Waals surface area contributed by atoms with E-state index in [-0.39, 0.29) is 30.0 Å². The smallest absolute Gasteiger partial charge is 0.411 e. The second-order valence-electron chi connectivity index (χ2n) is 7.39. The molecule has 2 aromatic carbocycles. The molecule has 1 amide bonds. The maximum atomic E-state index is 11.3. The molecule has 0 spiro atoms. The van der Waals surface area contributed by atoms with Crippen molar-refractivity contribution < 1.29 is 19.0 Å². The number of benzene rings is 2. The number of aliphatic imine (C=N–C) groups is 1. The molecule has 1 fully saturated rings. The van der Waals surface area contributed by atoms with E-state index in [1.165, 1.54) is 7.11 Å². The molecule has 33 heavy (non-hydrogen) atoms. The fraction of sp³-hybridized carbons (Fsp3) is 0.391. The lowest BCUT2D eigenvalue weighted by Crippen LogP contribution is -2.44. The van der Waals surface area contributed by atoms with E-state index >= 15 is 0 Å². The average molecular weight is 569 g/mol. The SMILES string of the molecule is CN=C(NCc1ccc(NC(=O)OC)cc1)NC1CCN(c2cc(OC)cc(OC)c2)C1.I. The molecule has 0 aromatic heterocycles. The normalized spacial score (nSPS) is 15.3. The van der Waals surface area contributed by atoms with E-state index < -0.39 is 6.09 Å². The highest BCUT2D eigenvalue weighted by Crippen LogP contribution is 2.30. The highest BCUT2D eigenvalue weighted by Gasteiger charge is 2.24. The second-order valence-corrected chi connectivity index (χ2v) is 7.39. The molecule has 1 saturated heterocycles. The van der Waals surface area contributed by atoms with Gasteiger partial charge in [-0.1, -0.05) is 12.1 Å². The van der Waals surface area contributed by atoms with Crippen LogP contribution < -0.4 is 30.3 Å². The highest BCUT2D eigenvalue weighted by molar-refractivity contribution is 14.0. The van der Waals surface area contributed by atoms with Crippen LogP contribution in [0, 0.1) is 0 Å². The van der Waals surface area contributed by atoms with E-state index in [0.29, 0.717) is 12.2 Å². The summed E-state index contributed by atoms with van der Waals surface area (Å²) >= 11 is 0. The molecule has 1 unspecified atom stereocenters. The molecule has 0 bridgehead atoms. The van der Waals surface area contributed by atoms with Gasteiger partial charge in [-0.05, 0) is 24.1 Å². The van der Waals surface area contributed by atoms with Crippen molar-refractivity contribution in [3.8, 4) is 11.5 Å². The van der Waals surface area contributed by atoms with Crippen LogP contribution in [0.3, 0.4) is 0 Å². The number of carbonyl (C=O) groups excluding carboxylic acids is 1. The minimum Gasteiger partial charge on any atom is -0.497 e. The molecule has 180 valence electrons. The predicted octanol–water partition coefficient (Wildman–Crippen LogP) is 3.44. The molecule has 2 aromatic rings. The second kappa shape index (κ2) is 13.0. The Bertz CT molecular complexity index is 917. The van der Waals surface area contributed by atoms with Crippen molar-refractivity contribution in [3.63, 3.8) is 0 Å². The van der Waals surface area contributed by atoms with Crippen LogP contribution in [-0.4, -0.2) is 59.6 Å². The number of nitrogens with one attached hydrogen (secondary N) is 3. The molecule has 1 atom stereocenters. The standard InChI is InChI=1S/C23H31N5O4.HI/c1-24-22(25-14-16-5-7-17(8-6-16)27-23(29)32-4)26-18-9-10-28(15-18)19-11-20(30-2)13-21(12-19)31-3;/h5-8,11-13,18H,9-10,14-15H2,1-4H3,(H,27,29)(H2,24,25,26);1H. The molecule has 0 aliphatic carbocycles. The molecule has 3 N–H and O–H groups in total. The Kier molecular flexibility index (Phi) is 10.4. The number of halogens is 1. The summed E-state index contributed by atoms with van der Waals surface area (Å²) in [6.07, 6.45) is 0.507. The number of guanidine groups is 1. The van der Waals surface area contributed by atoms with Crippen LogP contribution in [0.1, 0.15) is 12.0 Å². The van der Waals surface area contributed by atoms with Crippen LogP contribution in [0.25, 0.3) is 0 Å². The van der Waals surface area contributed by atoms with Crippen LogP contribution in [0.2, 0.25) is 0 Å². The predicted molar refractivity (Wildman–Crippen MR) is 141 cm³/mol. The van der Waals surface area contributed by atoms with E-state index in [4.69, 9.17) is 9.47 Å². The highest BCUT2D eigenvalue weighted by atomic mass is 127. The van der Waals surface area contributed by atoms with Crippen LogP contribution >= 0.6 is 24.0 Å². The summed E-state index contributed by atoms with van der Waals surface area (Å²) in [5.74, 6) is 2.30. The summed E-state index contributed by atoms with van der Waals surface area (Å²) in [7, 11) is 6.42. The fourth-order valence-corrected chi connectivity index (χ4v) is 3.54. The number of hydrogen-bond acceptors (Lipinski definition) is 6. The number of ether oxygens (including phenoxy) is 3. The largest absolute Gasteiger partial charge is 0.497 e. The fourth-order valence-electron chi connectivity index (χ4n) is 3.54. The van der Waals surface area contributed by atoms with Crippen molar-refractivity contribution in [1.29, 1.82) is 0 Å². The van der Waals surface area contributed by atoms with Gasteiger partial charge in [0.15, 0.2) is 5.96 Å². The van der Waals surface area contributed by atoms with Crippen molar-refractivity contribution in [1.82, 2.24) is 10.6 Å². The number of rotatable bonds is 7. The van der Waals surface area contributed by atoms with Gasteiger partial charge in [0, 0.05) is 62.3 Å². The maximum absolute atomic E-state index is 11.3. The first-order valence-corrected chi connectivity index (χ1v) is 10.4. The molecule has 3 rings (SSSR count). The number of anilines is 2. The topological polar surface area (TPSA) is 96.5 Å². The monoisotopic (exact) mass is 569 g/mol. The molecule has 0 radical (unpaired) electrons. The summed E-state index contributed by atoms with van der Waals surface area (Å²) in [4.78, 5) is 17.9. The zero-order chi connectivity index (χ0) is 22.9. The van der Waals surface area contributed by atoms with Gasteiger partial charge in [0.05, 0.1) is 21.3 Å². The van der Waals surface area contributed by atoms with E-state index in [2.05, 4.69) is 30.6 Å². The van der Waals surface area contributed by atoms with E-state index in [0.717, 1.165) is 48.2 Å². The first kappa shape index (κ1) is 26.4. The number of carbonyl (C=O) groups is 1. The van der Waals surface area contributed by atoms with Gasteiger partial charge in [0.25, 0.3) is 0 Å². The van der Waals surface area contributed by atoms with Gasteiger partial charge in [0.1, 0.15) is 11.5 Å². The third kappa shape index (κ3) is 7.58. The van der Waals surface area contributed by atoms with Gasteiger partial charge in [-0.3, -0.25) is 10.3 Å². The summed E-state index contributed by atoms with van der Waals surface area (Å²) in [6, 6.07) is 13.7. The molecule has 9 nitrogen and oxygen atoms in total. The van der Waals surface area contributed by atoms with Crippen molar-refractivity contribution in [2.45, 2.75) is 19.0 Å². The Labute approximate surface area is 211 Å². The van der Waals surface area contributed by atoms with Crippen molar-refractivity contribution in [3.05, 3.63) is 48.0 Å². The molecule has 1 aliphatic heterocycles. The van der Waals surface area contributed by atoms with E-state index in [1.807, 2.05) is 42.5 Å².